The topological polar surface area (TPSA) is 32.3 Å². The molecule has 4 nitrogen and oxygen atoms in total. The number of hydrogen-bond donors (Lipinski definition) is 0. The van der Waals surface area contributed by atoms with Crippen LogP contribution in [-0.2, 0) is 0 Å². The molecule has 2 aliphatic rings. The average Bonchev–Trinajstić information content (AvgIpc) is 2.85. The van der Waals surface area contributed by atoms with Crippen molar-refractivity contribution in [2.75, 3.05) is 24.5 Å². The van der Waals surface area contributed by atoms with Crippen molar-refractivity contribution in [1.29, 1.82) is 0 Å². The van der Waals surface area contributed by atoms with Gasteiger partial charge in [0.15, 0.2) is 0 Å². The predicted octanol–water partition coefficient (Wildman–Crippen LogP) is 1.54. The van der Waals surface area contributed by atoms with Gasteiger partial charge >= 0.3 is 0 Å². The third kappa shape index (κ3) is 2.02. The maximum Gasteiger partial charge on any atom is 0.115 e. The first kappa shape index (κ1) is 11.0. The summed E-state index contributed by atoms with van der Waals surface area (Å²) in [5, 5.41) is 0. The maximum atomic E-state index is 4.15. The number of nitrogens with zero attached hydrogens (tertiary/aromatic N) is 4. The summed E-state index contributed by atoms with van der Waals surface area (Å²) in [5.41, 5.74) is 1.19. The summed E-state index contributed by atoms with van der Waals surface area (Å²) in [7, 11) is 0. The highest BCUT2D eigenvalue weighted by atomic mass is 15.3. The zero-order chi connectivity index (χ0) is 11.7. The molecular weight excluding hydrogens is 212 g/mol. The largest absolute Gasteiger partial charge is 0.363 e. The maximum absolute atomic E-state index is 4.15. The van der Waals surface area contributed by atoms with E-state index in [2.05, 4.69) is 26.7 Å². The van der Waals surface area contributed by atoms with Gasteiger partial charge in [0.2, 0.25) is 0 Å². The van der Waals surface area contributed by atoms with Crippen molar-refractivity contribution in [2.45, 2.75) is 38.3 Å². The Morgan fingerprint density at radius 1 is 1.29 bits per heavy atom. The molecule has 1 aromatic rings. The fraction of sp³-hybridized carbons (Fsp3) is 0.692. The smallest absolute Gasteiger partial charge is 0.115 e. The van der Waals surface area contributed by atoms with Crippen molar-refractivity contribution < 1.29 is 0 Å². The Bertz CT molecular complexity index is 367. The fourth-order valence-corrected chi connectivity index (χ4v) is 3.19. The fourth-order valence-electron chi connectivity index (χ4n) is 3.19. The van der Waals surface area contributed by atoms with Gasteiger partial charge in [0.25, 0.3) is 0 Å². The summed E-state index contributed by atoms with van der Waals surface area (Å²) >= 11 is 0. The molecule has 2 unspecified atom stereocenters. The lowest BCUT2D eigenvalue weighted by Crippen LogP contribution is -2.56. The first-order valence-corrected chi connectivity index (χ1v) is 6.64. The monoisotopic (exact) mass is 232 g/mol. The van der Waals surface area contributed by atoms with Crippen molar-refractivity contribution >= 4 is 5.69 Å². The minimum absolute atomic E-state index is 0.621. The van der Waals surface area contributed by atoms with E-state index in [-0.39, 0.29) is 0 Å². The van der Waals surface area contributed by atoms with Crippen LogP contribution in [0, 0.1) is 0 Å². The van der Waals surface area contributed by atoms with Gasteiger partial charge in [-0.05, 0) is 25.8 Å². The molecule has 2 fully saturated rings. The van der Waals surface area contributed by atoms with E-state index in [1.54, 1.807) is 6.33 Å². The minimum Gasteiger partial charge on any atom is -0.363 e. The molecule has 0 radical (unpaired) electrons. The summed E-state index contributed by atoms with van der Waals surface area (Å²) in [4.78, 5) is 13.5. The lowest BCUT2D eigenvalue weighted by molar-refractivity contribution is 0.194. The molecule has 0 aromatic carbocycles. The second-order valence-electron chi connectivity index (χ2n) is 5.10. The molecule has 92 valence electrons. The lowest BCUT2D eigenvalue weighted by Gasteiger charge is -2.44. The normalized spacial score (nSPS) is 29.4. The Morgan fingerprint density at radius 3 is 2.88 bits per heavy atom. The van der Waals surface area contributed by atoms with Gasteiger partial charge in [-0.15, -0.1) is 0 Å². The molecule has 0 spiro atoms. The van der Waals surface area contributed by atoms with Crippen LogP contribution in [0.25, 0.3) is 0 Å². The number of piperazine rings is 1. The molecule has 3 heterocycles. The summed E-state index contributed by atoms with van der Waals surface area (Å²) < 4.78 is 0. The van der Waals surface area contributed by atoms with Gasteiger partial charge in [-0.1, -0.05) is 6.92 Å². The predicted molar refractivity (Wildman–Crippen MR) is 68.1 cm³/mol. The second-order valence-corrected chi connectivity index (χ2v) is 5.10. The summed E-state index contributed by atoms with van der Waals surface area (Å²) in [5.74, 6) is 0. The molecule has 2 saturated heterocycles. The van der Waals surface area contributed by atoms with E-state index in [1.807, 2.05) is 12.4 Å². The van der Waals surface area contributed by atoms with Gasteiger partial charge in [-0.2, -0.15) is 0 Å². The summed E-state index contributed by atoms with van der Waals surface area (Å²) in [6.45, 7) is 5.92. The van der Waals surface area contributed by atoms with Crippen LogP contribution in [0.15, 0.2) is 18.7 Å². The van der Waals surface area contributed by atoms with Crippen LogP contribution in [0.2, 0.25) is 0 Å². The first-order chi connectivity index (χ1) is 8.38. The molecule has 1 aromatic heterocycles. The van der Waals surface area contributed by atoms with Crippen LogP contribution in [0.4, 0.5) is 5.69 Å². The van der Waals surface area contributed by atoms with Crippen LogP contribution in [0.3, 0.4) is 0 Å². The Labute approximate surface area is 103 Å². The third-order valence-corrected chi connectivity index (χ3v) is 4.14. The number of anilines is 1. The molecular formula is C13H20N4. The molecule has 2 aliphatic heterocycles. The quantitative estimate of drug-likeness (QED) is 0.774. The Hall–Kier alpha value is -1.16. The van der Waals surface area contributed by atoms with Crippen LogP contribution in [0.5, 0.6) is 0 Å². The van der Waals surface area contributed by atoms with Gasteiger partial charge in [-0.3, -0.25) is 4.90 Å². The third-order valence-electron chi connectivity index (χ3n) is 4.14. The highest BCUT2D eigenvalue weighted by Gasteiger charge is 2.35. The van der Waals surface area contributed by atoms with Gasteiger partial charge in [0, 0.05) is 25.2 Å². The van der Waals surface area contributed by atoms with Crippen molar-refractivity contribution in [2.24, 2.45) is 0 Å². The molecule has 3 rings (SSSR count). The minimum atomic E-state index is 0.621. The van der Waals surface area contributed by atoms with E-state index in [4.69, 9.17) is 0 Å². The molecule has 0 aliphatic carbocycles. The summed E-state index contributed by atoms with van der Waals surface area (Å²) in [6, 6.07) is 1.37. The number of aromatic nitrogens is 2. The van der Waals surface area contributed by atoms with Crippen LogP contribution in [-0.4, -0.2) is 46.6 Å². The van der Waals surface area contributed by atoms with E-state index in [1.165, 1.54) is 38.0 Å². The first-order valence-electron chi connectivity index (χ1n) is 6.64. The number of rotatable bonds is 2. The second kappa shape index (κ2) is 4.61. The summed E-state index contributed by atoms with van der Waals surface area (Å²) in [6.07, 6.45) is 9.40. The standard InChI is InChI=1S/C13H20N4/c1-2-11-8-16-5-3-4-12(16)9-17(11)13-6-14-10-15-7-13/h6-7,10-12H,2-5,8-9H2,1H3. The molecule has 2 atom stereocenters. The SMILES string of the molecule is CCC1CN2CCCC2CN1c1cncnc1. The zero-order valence-corrected chi connectivity index (χ0v) is 10.4. The van der Waals surface area contributed by atoms with E-state index in [9.17, 15) is 0 Å². The molecule has 0 bridgehead atoms. The lowest BCUT2D eigenvalue weighted by atomic mass is 10.0. The molecule has 4 heteroatoms. The van der Waals surface area contributed by atoms with Gasteiger partial charge < -0.3 is 4.90 Å². The van der Waals surface area contributed by atoms with Gasteiger partial charge in [0.05, 0.1) is 18.1 Å². The Kier molecular flexibility index (Phi) is 2.97. The van der Waals surface area contributed by atoms with Crippen molar-refractivity contribution in [3.8, 4) is 0 Å². The number of fused-ring (bicyclic) bond motifs is 1. The van der Waals surface area contributed by atoms with Crippen molar-refractivity contribution in [3.05, 3.63) is 18.7 Å². The Morgan fingerprint density at radius 2 is 2.12 bits per heavy atom. The van der Waals surface area contributed by atoms with E-state index >= 15 is 0 Å². The molecule has 17 heavy (non-hydrogen) atoms. The molecule has 0 saturated carbocycles. The molecule has 0 amide bonds. The van der Waals surface area contributed by atoms with Crippen molar-refractivity contribution in [1.82, 2.24) is 14.9 Å². The zero-order valence-electron chi connectivity index (χ0n) is 10.4. The highest BCUT2D eigenvalue weighted by molar-refractivity contribution is 5.44. The Balaban J connectivity index is 1.82. The van der Waals surface area contributed by atoms with E-state index < -0.39 is 0 Å². The number of hydrogen-bond acceptors (Lipinski definition) is 4. The van der Waals surface area contributed by atoms with E-state index in [0.29, 0.717) is 6.04 Å². The molecule has 0 N–H and O–H groups in total. The van der Waals surface area contributed by atoms with Crippen molar-refractivity contribution in [3.63, 3.8) is 0 Å². The van der Waals surface area contributed by atoms with Crippen LogP contribution < -0.4 is 4.90 Å². The van der Waals surface area contributed by atoms with Crippen LogP contribution >= 0.6 is 0 Å². The van der Waals surface area contributed by atoms with Gasteiger partial charge in [0.1, 0.15) is 6.33 Å². The van der Waals surface area contributed by atoms with Crippen LogP contribution in [0.1, 0.15) is 26.2 Å². The highest BCUT2D eigenvalue weighted by Crippen LogP contribution is 2.28. The van der Waals surface area contributed by atoms with Gasteiger partial charge in [-0.25, -0.2) is 9.97 Å². The average molecular weight is 232 g/mol. The van der Waals surface area contributed by atoms with E-state index in [0.717, 1.165) is 12.6 Å².